The molecule has 0 saturated heterocycles. The molecule has 0 unspecified atom stereocenters. The van der Waals surface area contributed by atoms with Gasteiger partial charge in [0, 0.05) is 25.7 Å². The van der Waals surface area contributed by atoms with E-state index in [4.69, 9.17) is 0 Å². The van der Waals surface area contributed by atoms with Crippen molar-refractivity contribution in [1.29, 1.82) is 0 Å². The van der Waals surface area contributed by atoms with Crippen molar-refractivity contribution in [1.82, 2.24) is 4.90 Å². The molecule has 0 aliphatic carbocycles. The first kappa shape index (κ1) is 13.0. The van der Waals surface area contributed by atoms with Gasteiger partial charge in [-0.2, -0.15) is 0 Å². The minimum absolute atomic E-state index is 0.0477. The van der Waals surface area contributed by atoms with Crippen LogP contribution < -0.4 is 0 Å². The lowest BCUT2D eigenvalue weighted by molar-refractivity contribution is -0.134. The summed E-state index contributed by atoms with van der Waals surface area (Å²) in [6.07, 6.45) is 2.97. The number of nitrogens with zero attached hydrogens (tertiary/aromatic N) is 1. The van der Waals surface area contributed by atoms with Gasteiger partial charge in [-0.05, 0) is 23.8 Å². The summed E-state index contributed by atoms with van der Waals surface area (Å²) in [5, 5.41) is 0. The first-order chi connectivity index (χ1) is 8.04. The van der Waals surface area contributed by atoms with Crippen LogP contribution in [-0.4, -0.2) is 38.0 Å². The number of benzene rings is 1. The molecule has 4 nitrogen and oxygen atoms in total. The number of methoxy groups -OCH3 is 1. The van der Waals surface area contributed by atoms with Crippen LogP contribution in [0.15, 0.2) is 30.3 Å². The van der Waals surface area contributed by atoms with E-state index in [1.165, 1.54) is 18.1 Å². The second-order valence-electron chi connectivity index (χ2n) is 3.68. The van der Waals surface area contributed by atoms with Gasteiger partial charge >= 0.3 is 5.97 Å². The molecular weight excluding hydrogens is 218 g/mol. The smallest absolute Gasteiger partial charge is 0.330 e. The van der Waals surface area contributed by atoms with E-state index in [1.54, 1.807) is 44.4 Å². The Morgan fingerprint density at radius 3 is 2.24 bits per heavy atom. The predicted octanol–water partition coefficient (Wildman–Crippen LogP) is 1.57. The third-order valence-corrected chi connectivity index (χ3v) is 2.18. The van der Waals surface area contributed by atoms with Gasteiger partial charge in [-0.1, -0.05) is 12.1 Å². The summed E-state index contributed by atoms with van der Waals surface area (Å²) in [7, 11) is 4.73. The van der Waals surface area contributed by atoms with Gasteiger partial charge in [0.1, 0.15) is 0 Å². The van der Waals surface area contributed by atoms with Gasteiger partial charge in [-0.3, -0.25) is 4.79 Å². The fourth-order valence-electron chi connectivity index (χ4n) is 1.23. The van der Waals surface area contributed by atoms with E-state index < -0.39 is 5.97 Å². The molecule has 4 heteroatoms. The quantitative estimate of drug-likeness (QED) is 0.588. The van der Waals surface area contributed by atoms with Gasteiger partial charge in [0.15, 0.2) is 0 Å². The van der Waals surface area contributed by atoms with Gasteiger partial charge in [0.05, 0.1) is 7.11 Å². The van der Waals surface area contributed by atoms with E-state index in [0.29, 0.717) is 5.56 Å². The Bertz CT molecular complexity index is 432. The van der Waals surface area contributed by atoms with E-state index in [2.05, 4.69) is 4.74 Å². The zero-order chi connectivity index (χ0) is 12.8. The first-order valence-corrected chi connectivity index (χ1v) is 5.12. The number of ether oxygens (including phenoxy) is 1. The lowest BCUT2D eigenvalue weighted by Gasteiger charge is -2.09. The van der Waals surface area contributed by atoms with Crippen molar-refractivity contribution in [2.45, 2.75) is 0 Å². The zero-order valence-corrected chi connectivity index (χ0v) is 10.1. The fraction of sp³-hybridized carbons (Fsp3) is 0.231. The molecule has 1 amide bonds. The van der Waals surface area contributed by atoms with E-state index in [-0.39, 0.29) is 5.91 Å². The molecule has 90 valence electrons. The molecule has 0 heterocycles. The number of rotatable bonds is 3. The van der Waals surface area contributed by atoms with Crippen molar-refractivity contribution in [3.8, 4) is 0 Å². The van der Waals surface area contributed by atoms with Gasteiger partial charge in [0.25, 0.3) is 5.91 Å². The summed E-state index contributed by atoms with van der Waals surface area (Å²) < 4.78 is 4.48. The average molecular weight is 233 g/mol. The zero-order valence-electron chi connectivity index (χ0n) is 10.1. The maximum atomic E-state index is 11.6. The second kappa shape index (κ2) is 5.84. The van der Waals surface area contributed by atoms with Crippen molar-refractivity contribution in [2.75, 3.05) is 21.2 Å². The molecule has 0 atom stereocenters. The standard InChI is InChI=1S/C13H15NO3/c1-14(2)13(16)11-7-4-10(5-8-11)6-9-12(15)17-3/h4-9H,1-3H3/b9-6+. The molecule has 0 aromatic heterocycles. The molecule has 0 bridgehead atoms. The molecule has 1 aromatic carbocycles. The third-order valence-electron chi connectivity index (χ3n) is 2.18. The van der Waals surface area contributed by atoms with Crippen LogP contribution in [0.5, 0.6) is 0 Å². The van der Waals surface area contributed by atoms with Crippen molar-refractivity contribution in [3.63, 3.8) is 0 Å². The monoisotopic (exact) mass is 233 g/mol. The second-order valence-corrected chi connectivity index (χ2v) is 3.68. The molecule has 0 saturated carbocycles. The van der Waals surface area contributed by atoms with Crippen LogP contribution >= 0.6 is 0 Å². The van der Waals surface area contributed by atoms with E-state index >= 15 is 0 Å². The number of carbonyl (C=O) groups excluding carboxylic acids is 2. The van der Waals surface area contributed by atoms with Gasteiger partial charge in [-0.15, -0.1) is 0 Å². The summed E-state index contributed by atoms with van der Waals surface area (Å²) in [4.78, 5) is 24.0. The number of hydrogen-bond donors (Lipinski definition) is 0. The molecule has 1 rings (SSSR count). The van der Waals surface area contributed by atoms with Crippen molar-refractivity contribution < 1.29 is 14.3 Å². The minimum Gasteiger partial charge on any atom is -0.466 e. The van der Waals surface area contributed by atoms with E-state index in [9.17, 15) is 9.59 Å². The van der Waals surface area contributed by atoms with Crippen LogP contribution in [0, 0.1) is 0 Å². The van der Waals surface area contributed by atoms with Crippen LogP contribution in [0.25, 0.3) is 6.08 Å². The highest BCUT2D eigenvalue weighted by Gasteiger charge is 2.06. The number of hydrogen-bond acceptors (Lipinski definition) is 3. The Morgan fingerprint density at radius 1 is 1.18 bits per heavy atom. The molecule has 0 radical (unpaired) electrons. The Hall–Kier alpha value is -2.10. The molecule has 1 aromatic rings. The highest BCUT2D eigenvalue weighted by Crippen LogP contribution is 2.07. The summed E-state index contributed by atoms with van der Waals surface area (Å²) in [5.41, 5.74) is 1.45. The molecule has 0 aliphatic heterocycles. The minimum atomic E-state index is -0.404. The largest absolute Gasteiger partial charge is 0.466 e. The van der Waals surface area contributed by atoms with Crippen molar-refractivity contribution >= 4 is 18.0 Å². The third kappa shape index (κ3) is 3.75. The summed E-state index contributed by atoms with van der Waals surface area (Å²) in [6.45, 7) is 0. The average Bonchev–Trinajstić information content (AvgIpc) is 2.35. The summed E-state index contributed by atoms with van der Waals surface area (Å²) in [5.74, 6) is -0.452. The van der Waals surface area contributed by atoms with Gasteiger partial charge in [0.2, 0.25) is 0 Å². The number of amides is 1. The molecular formula is C13H15NO3. The van der Waals surface area contributed by atoms with E-state index in [0.717, 1.165) is 5.56 Å². The normalized spacial score (nSPS) is 10.3. The molecule has 0 aliphatic rings. The summed E-state index contributed by atoms with van der Waals surface area (Å²) in [6, 6.07) is 6.99. The van der Waals surface area contributed by atoms with Crippen LogP contribution in [0.1, 0.15) is 15.9 Å². The van der Waals surface area contributed by atoms with Gasteiger partial charge in [-0.25, -0.2) is 4.79 Å². The van der Waals surface area contributed by atoms with Crippen LogP contribution in [0.3, 0.4) is 0 Å². The predicted molar refractivity (Wildman–Crippen MR) is 65.5 cm³/mol. The molecule has 17 heavy (non-hydrogen) atoms. The van der Waals surface area contributed by atoms with Crippen LogP contribution in [0.4, 0.5) is 0 Å². The fourth-order valence-corrected chi connectivity index (χ4v) is 1.23. The topological polar surface area (TPSA) is 46.6 Å². The molecule has 0 fully saturated rings. The first-order valence-electron chi connectivity index (χ1n) is 5.12. The van der Waals surface area contributed by atoms with Crippen LogP contribution in [-0.2, 0) is 9.53 Å². The number of carbonyl (C=O) groups is 2. The van der Waals surface area contributed by atoms with Gasteiger partial charge < -0.3 is 9.64 Å². The Kier molecular flexibility index (Phi) is 4.46. The maximum Gasteiger partial charge on any atom is 0.330 e. The summed E-state index contributed by atoms with van der Waals surface area (Å²) >= 11 is 0. The molecule has 0 N–H and O–H groups in total. The van der Waals surface area contributed by atoms with E-state index in [1.807, 2.05) is 0 Å². The lowest BCUT2D eigenvalue weighted by Crippen LogP contribution is -2.21. The lowest BCUT2D eigenvalue weighted by atomic mass is 10.1. The van der Waals surface area contributed by atoms with Crippen molar-refractivity contribution in [3.05, 3.63) is 41.5 Å². The van der Waals surface area contributed by atoms with Crippen LogP contribution in [0.2, 0.25) is 0 Å². The number of esters is 1. The SMILES string of the molecule is COC(=O)/C=C/c1ccc(C(=O)N(C)C)cc1. The molecule has 0 spiro atoms. The highest BCUT2D eigenvalue weighted by atomic mass is 16.5. The maximum absolute atomic E-state index is 11.6. The Morgan fingerprint density at radius 2 is 1.76 bits per heavy atom. The van der Waals surface area contributed by atoms with Crippen molar-refractivity contribution in [2.24, 2.45) is 0 Å². The Balaban J connectivity index is 2.78. The highest BCUT2D eigenvalue weighted by molar-refractivity contribution is 5.94. The Labute approximate surface area is 100 Å².